The Morgan fingerprint density at radius 1 is 0.810 bits per heavy atom. The molecule has 5 N–H and O–H groups in total. The molecule has 7 heteroatoms. The van der Waals surface area contributed by atoms with Crippen LogP contribution in [0.5, 0.6) is 5.75 Å². The van der Waals surface area contributed by atoms with Crippen LogP contribution in [0.25, 0.3) is 22.8 Å². The van der Waals surface area contributed by atoms with Gasteiger partial charge in [-0.2, -0.15) is 0 Å². The third-order valence-electron chi connectivity index (χ3n) is 2.82. The van der Waals surface area contributed by atoms with Crippen molar-refractivity contribution >= 4 is 11.8 Å². The fourth-order valence-electron chi connectivity index (χ4n) is 1.88. The molecule has 3 rings (SSSR count). The predicted molar refractivity (Wildman–Crippen MR) is 79.0 cm³/mol. The molecule has 7 nitrogen and oxygen atoms in total. The van der Waals surface area contributed by atoms with Crippen LogP contribution in [-0.2, 0) is 0 Å². The topological polar surface area (TPSA) is 124 Å². The zero-order valence-corrected chi connectivity index (χ0v) is 10.9. The van der Waals surface area contributed by atoms with Crippen molar-refractivity contribution < 1.29 is 5.11 Å². The van der Waals surface area contributed by atoms with Gasteiger partial charge in [0.2, 0.25) is 5.95 Å². The largest absolute Gasteiger partial charge is 0.506 e. The average Bonchev–Trinajstić information content (AvgIpc) is 2.47. The second-order valence-electron chi connectivity index (χ2n) is 4.31. The molecule has 3 aromatic rings. The van der Waals surface area contributed by atoms with Gasteiger partial charge < -0.3 is 16.6 Å². The van der Waals surface area contributed by atoms with Gasteiger partial charge in [0.25, 0.3) is 0 Å². The van der Waals surface area contributed by atoms with Crippen molar-refractivity contribution in [3.05, 3.63) is 42.6 Å². The summed E-state index contributed by atoms with van der Waals surface area (Å²) in [6, 6.07) is 9.99. The standard InChI is InChI=1S/C14H12N6O/c15-12-3-1-2-10(18-12)13-11(21)5-4-8(19-13)9-6-7-17-14(16)20-9/h1-7,21H,(H2,15,18)(H2,16,17,20). The molecular formula is C14H12N6O. The van der Waals surface area contributed by atoms with Crippen molar-refractivity contribution in [2.45, 2.75) is 0 Å². The van der Waals surface area contributed by atoms with Crippen LogP contribution in [-0.4, -0.2) is 25.0 Å². The smallest absolute Gasteiger partial charge is 0.220 e. The highest BCUT2D eigenvalue weighted by atomic mass is 16.3. The highest BCUT2D eigenvalue weighted by molar-refractivity contribution is 5.68. The second-order valence-corrected chi connectivity index (χ2v) is 4.31. The Balaban J connectivity index is 2.12. The van der Waals surface area contributed by atoms with E-state index in [4.69, 9.17) is 11.5 Å². The third kappa shape index (κ3) is 2.57. The Morgan fingerprint density at radius 3 is 2.38 bits per heavy atom. The molecule has 0 amide bonds. The number of nitrogen functional groups attached to an aromatic ring is 2. The Bertz CT molecular complexity index is 805. The van der Waals surface area contributed by atoms with Crippen LogP contribution in [0.4, 0.5) is 11.8 Å². The quantitative estimate of drug-likeness (QED) is 0.649. The molecular weight excluding hydrogens is 268 g/mol. The molecule has 0 atom stereocenters. The van der Waals surface area contributed by atoms with Crippen LogP contribution in [0, 0.1) is 0 Å². The minimum Gasteiger partial charge on any atom is -0.506 e. The first-order valence-corrected chi connectivity index (χ1v) is 6.15. The molecule has 0 spiro atoms. The fourth-order valence-corrected chi connectivity index (χ4v) is 1.88. The Morgan fingerprint density at radius 2 is 1.62 bits per heavy atom. The molecule has 3 heterocycles. The van der Waals surface area contributed by atoms with Crippen molar-refractivity contribution in [3.63, 3.8) is 0 Å². The number of aromatic nitrogens is 4. The Labute approximate surface area is 120 Å². The summed E-state index contributed by atoms with van der Waals surface area (Å²) in [5.41, 5.74) is 13.2. The number of hydrogen-bond acceptors (Lipinski definition) is 7. The van der Waals surface area contributed by atoms with E-state index < -0.39 is 0 Å². The molecule has 0 saturated carbocycles. The van der Waals surface area contributed by atoms with E-state index in [1.165, 1.54) is 6.07 Å². The van der Waals surface area contributed by atoms with E-state index in [9.17, 15) is 5.11 Å². The second kappa shape index (κ2) is 5.04. The van der Waals surface area contributed by atoms with E-state index in [2.05, 4.69) is 19.9 Å². The maximum absolute atomic E-state index is 9.98. The molecule has 0 saturated heterocycles. The molecule has 0 aromatic carbocycles. The van der Waals surface area contributed by atoms with Crippen LogP contribution in [0.1, 0.15) is 0 Å². The Kier molecular flexibility index (Phi) is 3.07. The first kappa shape index (κ1) is 12.8. The maximum Gasteiger partial charge on any atom is 0.220 e. The Hall–Kier alpha value is -3.22. The van der Waals surface area contributed by atoms with Gasteiger partial charge >= 0.3 is 0 Å². The maximum atomic E-state index is 9.98. The van der Waals surface area contributed by atoms with Crippen molar-refractivity contribution in [1.29, 1.82) is 0 Å². The average molecular weight is 280 g/mol. The molecule has 0 aliphatic rings. The summed E-state index contributed by atoms with van der Waals surface area (Å²) in [4.78, 5) is 16.5. The van der Waals surface area contributed by atoms with Gasteiger partial charge in [0.05, 0.1) is 17.1 Å². The van der Waals surface area contributed by atoms with Gasteiger partial charge in [-0.25, -0.2) is 19.9 Å². The number of hydrogen-bond donors (Lipinski definition) is 3. The van der Waals surface area contributed by atoms with E-state index in [-0.39, 0.29) is 11.7 Å². The summed E-state index contributed by atoms with van der Waals surface area (Å²) >= 11 is 0. The van der Waals surface area contributed by atoms with E-state index in [1.54, 1.807) is 36.5 Å². The summed E-state index contributed by atoms with van der Waals surface area (Å²) in [6.07, 6.45) is 1.55. The van der Waals surface area contributed by atoms with Gasteiger partial charge in [-0.05, 0) is 30.3 Å². The van der Waals surface area contributed by atoms with Crippen molar-refractivity contribution in [1.82, 2.24) is 19.9 Å². The predicted octanol–water partition coefficient (Wildman–Crippen LogP) is 1.47. The first-order chi connectivity index (χ1) is 10.1. The normalized spacial score (nSPS) is 10.5. The summed E-state index contributed by atoms with van der Waals surface area (Å²) in [5.74, 6) is 0.523. The van der Waals surface area contributed by atoms with Gasteiger partial charge in [-0.3, -0.25) is 0 Å². The number of aromatic hydroxyl groups is 1. The summed E-state index contributed by atoms with van der Waals surface area (Å²) in [5, 5.41) is 9.98. The molecule has 0 aliphatic heterocycles. The lowest BCUT2D eigenvalue weighted by Gasteiger charge is -2.07. The lowest BCUT2D eigenvalue weighted by Crippen LogP contribution is -1.98. The van der Waals surface area contributed by atoms with Crippen LogP contribution in [0.3, 0.4) is 0 Å². The molecule has 0 unspecified atom stereocenters. The molecule has 0 radical (unpaired) electrons. The molecule has 0 fully saturated rings. The molecule has 3 aromatic heterocycles. The highest BCUT2D eigenvalue weighted by Gasteiger charge is 2.11. The number of nitrogens with zero attached hydrogens (tertiary/aromatic N) is 4. The lowest BCUT2D eigenvalue weighted by molar-refractivity contribution is 0.475. The van der Waals surface area contributed by atoms with Gasteiger partial charge in [-0.1, -0.05) is 6.07 Å². The summed E-state index contributed by atoms with van der Waals surface area (Å²) in [6.45, 7) is 0. The van der Waals surface area contributed by atoms with Gasteiger partial charge in [0, 0.05) is 6.20 Å². The fraction of sp³-hybridized carbons (Fsp3) is 0. The molecule has 0 aliphatic carbocycles. The van der Waals surface area contributed by atoms with E-state index in [0.717, 1.165) is 0 Å². The minimum absolute atomic E-state index is 0.0129. The van der Waals surface area contributed by atoms with Gasteiger partial charge in [-0.15, -0.1) is 0 Å². The summed E-state index contributed by atoms with van der Waals surface area (Å²) < 4.78 is 0. The first-order valence-electron chi connectivity index (χ1n) is 6.15. The van der Waals surface area contributed by atoms with Crippen molar-refractivity contribution in [2.24, 2.45) is 0 Å². The summed E-state index contributed by atoms with van der Waals surface area (Å²) in [7, 11) is 0. The monoisotopic (exact) mass is 280 g/mol. The van der Waals surface area contributed by atoms with E-state index in [1.807, 2.05) is 0 Å². The number of rotatable bonds is 2. The zero-order valence-electron chi connectivity index (χ0n) is 10.9. The number of nitrogens with two attached hydrogens (primary N) is 2. The molecule has 104 valence electrons. The highest BCUT2D eigenvalue weighted by Crippen LogP contribution is 2.28. The van der Waals surface area contributed by atoms with Crippen LogP contribution < -0.4 is 11.5 Å². The molecule has 21 heavy (non-hydrogen) atoms. The number of pyridine rings is 2. The van der Waals surface area contributed by atoms with Gasteiger partial charge in [0.15, 0.2) is 0 Å². The minimum atomic E-state index is 0.0129. The van der Waals surface area contributed by atoms with Crippen LogP contribution in [0.2, 0.25) is 0 Å². The van der Waals surface area contributed by atoms with E-state index >= 15 is 0 Å². The molecule has 0 bridgehead atoms. The van der Waals surface area contributed by atoms with Gasteiger partial charge in [0.1, 0.15) is 17.3 Å². The van der Waals surface area contributed by atoms with Crippen LogP contribution >= 0.6 is 0 Å². The third-order valence-corrected chi connectivity index (χ3v) is 2.82. The SMILES string of the molecule is Nc1cccc(-c2nc(-c3ccnc(N)n3)ccc2O)n1. The van der Waals surface area contributed by atoms with Crippen LogP contribution in [0.15, 0.2) is 42.6 Å². The van der Waals surface area contributed by atoms with Crippen molar-refractivity contribution in [3.8, 4) is 28.5 Å². The number of anilines is 2. The van der Waals surface area contributed by atoms with E-state index in [0.29, 0.717) is 28.6 Å². The van der Waals surface area contributed by atoms with Crippen molar-refractivity contribution in [2.75, 3.05) is 11.5 Å². The lowest BCUT2D eigenvalue weighted by atomic mass is 10.2. The zero-order chi connectivity index (χ0) is 14.8.